The van der Waals surface area contributed by atoms with Crippen LogP contribution in [0.3, 0.4) is 0 Å². The Hall–Kier alpha value is -1.06. The summed E-state index contributed by atoms with van der Waals surface area (Å²) >= 11 is 0. The number of ether oxygens (including phenoxy) is 1. The van der Waals surface area contributed by atoms with Crippen molar-refractivity contribution in [3.8, 4) is 0 Å². The zero-order chi connectivity index (χ0) is 10.7. The van der Waals surface area contributed by atoms with E-state index in [9.17, 15) is 0 Å². The normalized spacial score (nSPS) is 21.7. The third-order valence-electron chi connectivity index (χ3n) is 2.83. The zero-order valence-corrected chi connectivity index (χ0v) is 9.15. The van der Waals surface area contributed by atoms with Gasteiger partial charge in [-0.3, -0.25) is 0 Å². The molecule has 1 saturated heterocycles. The number of nitrogens with zero attached hydrogens (tertiary/aromatic N) is 1. The van der Waals surface area contributed by atoms with E-state index in [1.54, 1.807) is 0 Å². The molecule has 3 heteroatoms. The van der Waals surface area contributed by atoms with E-state index in [2.05, 4.69) is 36.1 Å². The second-order valence-corrected chi connectivity index (χ2v) is 4.00. The maximum absolute atomic E-state index is 5.75. The van der Waals surface area contributed by atoms with E-state index in [-0.39, 0.29) is 0 Å². The third kappa shape index (κ3) is 2.30. The van der Waals surface area contributed by atoms with Gasteiger partial charge in [0, 0.05) is 18.8 Å². The van der Waals surface area contributed by atoms with Crippen LogP contribution in [-0.4, -0.2) is 32.3 Å². The molecule has 1 fully saturated rings. The van der Waals surface area contributed by atoms with Crippen LogP contribution in [-0.2, 0) is 4.74 Å². The fraction of sp³-hybridized carbons (Fsp3) is 0.500. The van der Waals surface area contributed by atoms with Gasteiger partial charge in [0.1, 0.15) is 0 Å². The van der Waals surface area contributed by atoms with E-state index in [0.717, 1.165) is 19.8 Å². The van der Waals surface area contributed by atoms with Gasteiger partial charge in [-0.25, -0.2) is 0 Å². The highest BCUT2D eigenvalue weighted by atomic mass is 16.5. The fourth-order valence-electron chi connectivity index (χ4n) is 2.00. The maximum Gasteiger partial charge on any atom is 0.0683 e. The highest BCUT2D eigenvalue weighted by molar-refractivity contribution is 5.49. The van der Waals surface area contributed by atoms with Gasteiger partial charge in [0.2, 0.25) is 0 Å². The summed E-state index contributed by atoms with van der Waals surface area (Å²) in [5.74, 6) is 0. The molecule has 1 aliphatic heterocycles. The van der Waals surface area contributed by atoms with E-state index in [1.807, 2.05) is 0 Å². The Balaban J connectivity index is 2.20. The maximum atomic E-state index is 5.75. The quantitative estimate of drug-likeness (QED) is 0.789. The summed E-state index contributed by atoms with van der Waals surface area (Å²) in [7, 11) is 0. The molecule has 1 aromatic rings. The highest BCUT2D eigenvalue weighted by Crippen LogP contribution is 2.20. The molecule has 2 N–H and O–H groups in total. The van der Waals surface area contributed by atoms with Crippen LogP contribution in [0.4, 0.5) is 5.69 Å². The standard InChI is InChI=1S/C12H18N2O/c1-10-3-2-4-11(7-10)14-5-6-15-9-12(14)8-13/h2-4,7,12H,5-6,8-9,13H2,1H3. The van der Waals surface area contributed by atoms with E-state index in [0.29, 0.717) is 12.6 Å². The largest absolute Gasteiger partial charge is 0.377 e. The zero-order valence-electron chi connectivity index (χ0n) is 9.15. The molecule has 0 radical (unpaired) electrons. The first-order chi connectivity index (χ1) is 7.31. The van der Waals surface area contributed by atoms with Crippen molar-refractivity contribution in [1.82, 2.24) is 0 Å². The molecule has 1 heterocycles. The summed E-state index contributed by atoms with van der Waals surface area (Å²) in [5, 5.41) is 0. The number of hydrogen-bond acceptors (Lipinski definition) is 3. The number of aryl methyl sites for hydroxylation is 1. The third-order valence-corrected chi connectivity index (χ3v) is 2.83. The predicted molar refractivity (Wildman–Crippen MR) is 62.2 cm³/mol. The molecule has 3 nitrogen and oxygen atoms in total. The molecule has 2 rings (SSSR count). The van der Waals surface area contributed by atoms with Gasteiger partial charge in [-0.1, -0.05) is 12.1 Å². The van der Waals surface area contributed by atoms with Gasteiger partial charge in [-0.2, -0.15) is 0 Å². The van der Waals surface area contributed by atoms with Crippen LogP contribution in [0.15, 0.2) is 24.3 Å². The number of rotatable bonds is 2. The minimum atomic E-state index is 0.320. The lowest BCUT2D eigenvalue weighted by atomic mass is 10.1. The number of nitrogens with two attached hydrogens (primary N) is 1. The van der Waals surface area contributed by atoms with Gasteiger partial charge < -0.3 is 15.4 Å². The van der Waals surface area contributed by atoms with Crippen LogP contribution < -0.4 is 10.6 Å². The second kappa shape index (κ2) is 4.64. The number of benzene rings is 1. The van der Waals surface area contributed by atoms with Crippen molar-refractivity contribution >= 4 is 5.69 Å². The molecule has 1 aromatic carbocycles. The molecule has 15 heavy (non-hydrogen) atoms. The van der Waals surface area contributed by atoms with Crippen LogP contribution in [0.1, 0.15) is 5.56 Å². The summed E-state index contributed by atoms with van der Waals surface area (Å²) in [6.45, 7) is 5.23. The molecule has 0 aliphatic carbocycles. The van der Waals surface area contributed by atoms with Crippen molar-refractivity contribution in [2.24, 2.45) is 5.73 Å². The van der Waals surface area contributed by atoms with Gasteiger partial charge in [-0.15, -0.1) is 0 Å². The second-order valence-electron chi connectivity index (χ2n) is 4.00. The van der Waals surface area contributed by atoms with Crippen LogP contribution in [0.5, 0.6) is 0 Å². The van der Waals surface area contributed by atoms with Crippen molar-refractivity contribution in [1.29, 1.82) is 0 Å². The highest BCUT2D eigenvalue weighted by Gasteiger charge is 2.21. The van der Waals surface area contributed by atoms with Crippen molar-refractivity contribution in [2.75, 3.05) is 31.2 Å². The molecular formula is C12H18N2O. The molecule has 0 aromatic heterocycles. The summed E-state index contributed by atoms with van der Waals surface area (Å²) in [5.41, 5.74) is 8.29. The molecule has 0 saturated carbocycles. The van der Waals surface area contributed by atoms with E-state index < -0.39 is 0 Å². The van der Waals surface area contributed by atoms with Crippen LogP contribution in [0.25, 0.3) is 0 Å². The first-order valence-corrected chi connectivity index (χ1v) is 5.42. The van der Waals surface area contributed by atoms with E-state index >= 15 is 0 Å². The van der Waals surface area contributed by atoms with Gasteiger partial charge in [-0.05, 0) is 24.6 Å². The summed E-state index contributed by atoms with van der Waals surface area (Å²) in [6, 6.07) is 8.87. The molecule has 1 aliphatic rings. The topological polar surface area (TPSA) is 38.5 Å². The Kier molecular flexibility index (Phi) is 3.23. The SMILES string of the molecule is Cc1cccc(N2CCOCC2CN)c1. The monoisotopic (exact) mass is 206 g/mol. The predicted octanol–water partition coefficient (Wildman–Crippen LogP) is 1.16. The van der Waals surface area contributed by atoms with Crippen molar-refractivity contribution in [2.45, 2.75) is 13.0 Å². The first kappa shape index (κ1) is 10.5. The van der Waals surface area contributed by atoms with Gasteiger partial charge in [0.05, 0.1) is 19.3 Å². The molecule has 0 spiro atoms. The first-order valence-electron chi connectivity index (χ1n) is 5.42. The summed E-state index contributed by atoms with van der Waals surface area (Å²) < 4.78 is 5.43. The number of anilines is 1. The Labute approximate surface area is 90.8 Å². The molecule has 0 bridgehead atoms. The Morgan fingerprint density at radius 3 is 3.13 bits per heavy atom. The van der Waals surface area contributed by atoms with Crippen LogP contribution >= 0.6 is 0 Å². The number of morpholine rings is 1. The minimum absolute atomic E-state index is 0.320. The lowest BCUT2D eigenvalue weighted by Gasteiger charge is -2.36. The van der Waals surface area contributed by atoms with Gasteiger partial charge in [0.25, 0.3) is 0 Å². The average Bonchev–Trinajstić information content (AvgIpc) is 2.29. The van der Waals surface area contributed by atoms with Crippen LogP contribution in [0.2, 0.25) is 0 Å². The Bertz CT molecular complexity index is 327. The Morgan fingerprint density at radius 2 is 2.40 bits per heavy atom. The van der Waals surface area contributed by atoms with Crippen molar-refractivity contribution in [3.05, 3.63) is 29.8 Å². The average molecular weight is 206 g/mol. The molecule has 82 valence electrons. The fourth-order valence-corrected chi connectivity index (χ4v) is 2.00. The smallest absolute Gasteiger partial charge is 0.0683 e. The summed E-state index contributed by atoms with van der Waals surface area (Å²) in [4.78, 5) is 2.34. The van der Waals surface area contributed by atoms with Gasteiger partial charge >= 0.3 is 0 Å². The van der Waals surface area contributed by atoms with E-state index in [4.69, 9.17) is 10.5 Å². The lowest BCUT2D eigenvalue weighted by molar-refractivity contribution is 0.0963. The molecule has 1 unspecified atom stereocenters. The van der Waals surface area contributed by atoms with Crippen molar-refractivity contribution in [3.63, 3.8) is 0 Å². The summed E-state index contributed by atoms with van der Waals surface area (Å²) in [6.07, 6.45) is 0. The molecular weight excluding hydrogens is 188 g/mol. The van der Waals surface area contributed by atoms with Crippen LogP contribution in [0, 0.1) is 6.92 Å². The number of hydrogen-bond donors (Lipinski definition) is 1. The lowest BCUT2D eigenvalue weighted by Crippen LogP contribution is -2.49. The molecule has 1 atom stereocenters. The van der Waals surface area contributed by atoms with E-state index in [1.165, 1.54) is 11.3 Å². The van der Waals surface area contributed by atoms with Crippen molar-refractivity contribution < 1.29 is 4.74 Å². The van der Waals surface area contributed by atoms with Gasteiger partial charge in [0.15, 0.2) is 0 Å². The Morgan fingerprint density at radius 1 is 1.53 bits per heavy atom. The minimum Gasteiger partial charge on any atom is -0.377 e. The molecule has 0 amide bonds.